The van der Waals surface area contributed by atoms with Crippen LogP contribution < -0.4 is 22.9 Å². The Morgan fingerprint density at radius 1 is 0.774 bits per heavy atom. The van der Waals surface area contributed by atoms with Gasteiger partial charge in [0.1, 0.15) is 30.5 Å². The van der Waals surface area contributed by atoms with Crippen molar-refractivity contribution in [3.63, 3.8) is 0 Å². The Morgan fingerprint density at radius 2 is 1.45 bits per heavy atom. The summed E-state index contributed by atoms with van der Waals surface area (Å²) in [4.78, 5) is 0. The maximum Gasteiger partial charge on any atom is 0.187 e. The first-order valence-corrected chi connectivity index (χ1v) is 10.5. The number of nitrogens with two attached hydrogens (primary N) is 4. The highest BCUT2D eigenvalue weighted by molar-refractivity contribution is 5.02. The van der Waals surface area contributed by atoms with Gasteiger partial charge in [0.15, 0.2) is 6.29 Å². The molecule has 3 aliphatic rings. The van der Waals surface area contributed by atoms with Crippen LogP contribution in [0.1, 0.15) is 12.8 Å². The number of rotatable bonds is 6. The van der Waals surface area contributed by atoms with Gasteiger partial charge in [-0.3, -0.25) is 0 Å². The third-order valence-corrected chi connectivity index (χ3v) is 6.68. The molecule has 13 heteroatoms. The standard InChI is InChI=1S/C18H36N4O9/c19-3-5-1-8(10(22)14(27)11(5)24)29-16-7(21)2-6(20)12(25)17(16)31-18-15(28)13(26)9(4-23)30-18/h5-18,23-28H,1-4,19-22H2/t5?,6?,7?,8?,9-,10?,11?,12?,13-,14?,15-,16?,17?,18+/m1/s1. The molecule has 10 unspecified atom stereocenters. The third kappa shape index (κ3) is 4.89. The molecule has 0 aromatic carbocycles. The SMILES string of the molecule is NCC1CC(OC2C(N)CC(N)C(O)C2O[C@@H]2O[C@H](CO)[C@@H](O)[C@H]2O)C(N)C(O)C1O. The van der Waals surface area contributed by atoms with Crippen LogP contribution in [0.4, 0.5) is 0 Å². The molecule has 3 rings (SSSR count). The van der Waals surface area contributed by atoms with Crippen molar-refractivity contribution in [2.45, 2.75) is 92.2 Å². The number of aliphatic hydroxyl groups is 6. The van der Waals surface area contributed by atoms with Crippen LogP contribution in [-0.2, 0) is 14.2 Å². The molecule has 14 atom stereocenters. The van der Waals surface area contributed by atoms with Crippen LogP contribution in [0.5, 0.6) is 0 Å². The van der Waals surface area contributed by atoms with Gasteiger partial charge < -0.3 is 67.8 Å². The predicted molar refractivity (Wildman–Crippen MR) is 105 cm³/mol. The molecular weight excluding hydrogens is 416 g/mol. The van der Waals surface area contributed by atoms with Crippen LogP contribution >= 0.6 is 0 Å². The first kappa shape index (κ1) is 25.1. The van der Waals surface area contributed by atoms with E-state index in [0.717, 1.165) is 0 Å². The highest BCUT2D eigenvalue weighted by Crippen LogP contribution is 2.33. The van der Waals surface area contributed by atoms with Crippen LogP contribution in [-0.4, -0.2) is 123 Å². The maximum absolute atomic E-state index is 10.7. The summed E-state index contributed by atoms with van der Waals surface area (Å²) in [5.41, 5.74) is 24.0. The molecule has 0 amide bonds. The smallest absolute Gasteiger partial charge is 0.187 e. The molecule has 0 aromatic heterocycles. The lowest BCUT2D eigenvalue weighted by Crippen LogP contribution is -2.67. The first-order valence-electron chi connectivity index (χ1n) is 10.5. The number of hydrogen-bond donors (Lipinski definition) is 10. The summed E-state index contributed by atoms with van der Waals surface area (Å²) in [5.74, 6) is -0.452. The molecule has 1 heterocycles. The number of aliphatic hydroxyl groups excluding tert-OH is 6. The third-order valence-electron chi connectivity index (χ3n) is 6.68. The summed E-state index contributed by atoms with van der Waals surface area (Å²) in [6, 6.07) is -2.37. The van der Waals surface area contributed by atoms with E-state index in [4.69, 9.17) is 37.1 Å². The Hall–Kier alpha value is -0.520. The average Bonchev–Trinajstić information content (AvgIpc) is 3.02. The zero-order valence-electron chi connectivity index (χ0n) is 17.1. The Morgan fingerprint density at radius 3 is 2.03 bits per heavy atom. The van der Waals surface area contributed by atoms with Gasteiger partial charge in [0.25, 0.3) is 0 Å². The Balaban J connectivity index is 1.78. The zero-order chi connectivity index (χ0) is 23.0. The molecule has 1 aliphatic heterocycles. The summed E-state index contributed by atoms with van der Waals surface area (Å²) in [6.45, 7) is -0.431. The highest BCUT2D eigenvalue weighted by Gasteiger charge is 2.51. The molecule has 0 radical (unpaired) electrons. The van der Waals surface area contributed by atoms with Gasteiger partial charge in [0.2, 0.25) is 0 Å². The van der Waals surface area contributed by atoms with Crippen LogP contribution in [0, 0.1) is 5.92 Å². The predicted octanol–water partition coefficient (Wildman–Crippen LogP) is -5.99. The average molecular weight is 453 g/mol. The van der Waals surface area contributed by atoms with E-state index in [-0.39, 0.29) is 19.4 Å². The Kier molecular flexibility index (Phi) is 8.24. The largest absolute Gasteiger partial charge is 0.394 e. The fraction of sp³-hybridized carbons (Fsp3) is 1.00. The molecule has 2 saturated carbocycles. The van der Waals surface area contributed by atoms with E-state index in [0.29, 0.717) is 0 Å². The van der Waals surface area contributed by atoms with Crippen molar-refractivity contribution in [1.82, 2.24) is 0 Å². The first-order chi connectivity index (χ1) is 14.6. The van der Waals surface area contributed by atoms with Crippen molar-refractivity contribution < 1.29 is 44.8 Å². The molecule has 0 aromatic rings. The Labute approximate surface area is 179 Å². The van der Waals surface area contributed by atoms with Gasteiger partial charge in [-0.25, -0.2) is 0 Å². The van der Waals surface area contributed by atoms with Crippen molar-refractivity contribution in [2.24, 2.45) is 28.9 Å². The molecule has 0 spiro atoms. The minimum absolute atomic E-state index is 0.109. The van der Waals surface area contributed by atoms with Gasteiger partial charge in [-0.1, -0.05) is 0 Å². The lowest BCUT2D eigenvalue weighted by molar-refractivity contribution is -0.258. The van der Waals surface area contributed by atoms with Crippen LogP contribution in [0.2, 0.25) is 0 Å². The minimum Gasteiger partial charge on any atom is -0.394 e. The second-order valence-corrected chi connectivity index (χ2v) is 8.79. The topological polar surface area (TPSA) is 253 Å². The molecule has 31 heavy (non-hydrogen) atoms. The lowest BCUT2D eigenvalue weighted by Gasteiger charge is -2.47. The summed E-state index contributed by atoms with van der Waals surface area (Å²) in [6.07, 6.45) is -11.3. The van der Waals surface area contributed by atoms with E-state index in [2.05, 4.69) is 0 Å². The van der Waals surface area contributed by atoms with E-state index in [1.54, 1.807) is 0 Å². The fourth-order valence-electron chi connectivity index (χ4n) is 4.64. The van der Waals surface area contributed by atoms with E-state index in [1.807, 2.05) is 0 Å². The monoisotopic (exact) mass is 452 g/mol. The van der Waals surface area contributed by atoms with Crippen molar-refractivity contribution in [3.05, 3.63) is 0 Å². The molecule has 14 N–H and O–H groups in total. The minimum atomic E-state index is -1.48. The summed E-state index contributed by atoms with van der Waals surface area (Å²) in [5, 5.41) is 60.5. The van der Waals surface area contributed by atoms with E-state index >= 15 is 0 Å². The van der Waals surface area contributed by atoms with Gasteiger partial charge >= 0.3 is 0 Å². The van der Waals surface area contributed by atoms with Gasteiger partial charge in [0.05, 0.1) is 37.1 Å². The van der Waals surface area contributed by atoms with E-state index in [9.17, 15) is 30.6 Å². The van der Waals surface area contributed by atoms with E-state index < -0.39 is 91.9 Å². The molecule has 1 saturated heterocycles. The van der Waals surface area contributed by atoms with E-state index in [1.165, 1.54) is 0 Å². The van der Waals surface area contributed by atoms with Gasteiger partial charge in [-0.05, 0) is 19.4 Å². The van der Waals surface area contributed by atoms with Crippen molar-refractivity contribution in [1.29, 1.82) is 0 Å². The zero-order valence-corrected chi connectivity index (χ0v) is 17.1. The summed E-state index contributed by atoms with van der Waals surface area (Å²) >= 11 is 0. The second kappa shape index (κ2) is 10.2. The quantitative estimate of drug-likeness (QED) is 0.180. The molecular formula is C18H36N4O9. The summed E-state index contributed by atoms with van der Waals surface area (Å²) < 4.78 is 17.2. The number of hydrogen-bond acceptors (Lipinski definition) is 13. The van der Waals surface area contributed by atoms with Gasteiger partial charge in [-0.2, -0.15) is 0 Å². The summed E-state index contributed by atoms with van der Waals surface area (Å²) in [7, 11) is 0. The van der Waals surface area contributed by atoms with Crippen molar-refractivity contribution in [2.75, 3.05) is 13.2 Å². The number of ether oxygens (including phenoxy) is 3. The van der Waals surface area contributed by atoms with Gasteiger partial charge in [-0.15, -0.1) is 0 Å². The van der Waals surface area contributed by atoms with Gasteiger partial charge in [0, 0.05) is 18.0 Å². The van der Waals surface area contributed by atoms with Crippen LogP contribution in [0.15, 0.2) is 0 Å². The molecule has 3 fully saturated rings. The maximum atomic E-state index is 10.7. The lowest BCUT2D eigenvalue weighted by atomic mass is 9.79. The molecule has 13 nitrogen and oxygen atoms in total. The molecule has 2 aliphatic carbocycles. The van der Waals surface area contributed by atoms with Crippen LogP contribution in [0.3, 0.4) is 0 Å². The molecule has 182 valence electrons. The van der Waals surface area contributed by atoms with Crippen molar-refractivity contribution in [3.8, 4) is 0 Å². The Bertz CT molecular complexity index is 590. The van der Waals surface area contributed by atoms with Crippen molar-refractivity contribution >= 4 is 0 Å². The molecule has 0 bridgehead atoms. The van der Waals surface area contributed by atoms with Crippen LogP contribution in [0.25, 0.3) is 0 Å². The highest BCUT2D eigenvalue weighted by atomic mass is 16.7. The fourth-order valence-corrected chi connectivity index (χ4v) is 4.64. The second-order valence-electron chi connectivity index (χ2n) is 8.79. The normalized spacial score (nSPS) is 53.6.